The maximum atomic E-state index is 12.9. The molecule has 0 bridgehead atoms. The number of esters is 3. The maximum absolute atomic E-state index is 12.9. The molecule has 0 aliphatic carbocycles. The van der Waals surface area contributed by atoms with Gasteiger partial charge in [0.1, 0.15) is 18.8 Å². The van der Waals surface area contributed by atoms with Crippen molar-refractivity contribution in [3.05, 3.63) is 0 Å². The molecule has 420 valence electrons. The zero-order valence-corrected chi connectivity index (χ0v) is 46.5. The van der Waals surface area contributed by atoms with E-state index in [2.05, 4.69) is 42.4 Å². The fourth-order valence-corrected chi connectivity index (χ4v) is 8.70. The molecule has 14 nitrogen and oxygen atoms in total. The summed E-state index contributed by atoms with van der Waals surface area (Å²) in [4.78, 5) is 45.5. The molecule has 1 fully saturated rings. The van der Waals surface area contributed by atoms with E-state index in [4.69, 9.17) is 33.2 Å². The first-order chi connectivity index (χ1) is 34.8. The molecule has 1 aliphatic rings. The minimum absolute atomic E-state index is 0.147. The Hall–Kier alpha value is -1.91. The number of aliphatic hydroxyl groups excluding tert-OH is 1. The summed E-state index contributed by atoms with van der Waals surface area (Å²) < 4.78 is 40.9. The van der Waals surface area contributed by atoms with Gasteiger partial charge in [-0.1, -0.05) is 143 Å². The lowest BCUT2D eigenvalue weighted by Gasteiger charge is -2.34. The van der Waals surface area contributed by atoms with Gasteiger partial charge in [-0.05, 0) is 64.5 Å². The van der Waals surface area contributed by atoms with E-state index in [1.165, 1.54) is 51.4 Å². The van der Waals surface area contributed by atoms with Crippen molar-refractivity contribution in [1.29, 1.82) is 0 Å². The average molecular weight is 1010 g/mol. The molecule has 1 saturated heterocycles. The molecular formula is C57H111N3O11. The predicted molar refractivity (Wildman–Crippen MR) is 287 cm³/mol. The predicted octanol–water partition coefficient (Wildman–Crippen LogP) is 10.7. The first-order valence-electron chi connectivity index (χ1n) is 29.5. The summed E-state index contributed by atoms with van der Waals surface area (Å²) in [6.45, 7) is 21.3. The number of rotatable bonds is 54. The van der Waals surface area contributed by atoms with Crippen LogP contribution in [-0.4, -0.2) is 175 Å². The van der Waals surface area contributed by atoms with Gasteiger partial charge in [0.05, 0.1) is 39.5 Å². The molecule has 1 aliphatic heterocycles. The number of nitrogens with zero attached hydrogens (tertiary/aromatic N) is 3. The number of β-amino-alcohol motifs (C(OH)–C–C–N with tert-alkyl or cyclic N) is 1. The highest BCUT2D eigenvalue weighted by molar-refractivity contribution is 5.70. The Kier molecular flexibility index (Phi) is 48.7. The fraction of sp³-hybridized carbons (Fsp3) is 0.947. The minimum Gasteiger partial charge on any atom is -0.464 e. The van der Waals surface area contributed by atoms with Crippen LogP contribution in [0.4, 0.5) is 0 Å². The fourth-order valence-electron chi connectivity index (χ4n) is 8.70. The minimum atomic E-state index is -0.366. The first kappa shape index (κ1) is 67.1. The smallest absolute Gasteiger partial charge is 0.307 e. The van der Waals surface area contributed by atoms with Gasteiger partial charge < -0.3 is 43.2 Å². The number of ether oxygens (including phenoxy) is 7. The lowest BCUT2D eigenvalue weighted by molar-refractivity contribution is -0.157. The standard InChI is InChI=1S/C57H111N3O11/c1-5-9-13-27-44-65-49-53(50-66-45-28-14-10-6-2)70-56(63)31-23-19-17-21-25-34-58(36-33-55(62)69-48-42-60-39-37-59(38-40-60)41-43-61)35-26-22-18-20-24-32-57(64)71-54(51-67-46-29-15-11-7-3)52-68-47-30-16-12-8-4/h53-54,61H,5-52H2,1-4H3. The van der Waals surface area contributed by atoms with Crippen molar-refractivity contribution in [3.8, 4) is 0 Å². The monoisotopic (exact) mass is 1010 g/mol. The Labute approximate surface area is 435 Å². The van der Waals surface area contributed by atoms with Gasteiger partial charge in [-0.25, -0.2) is 0 Å². The number of carbonyl (C=O) groups is 3. The van der Waals surface area contributed by atoms with Crippen molar-refractivity contribution < 1.29 is 52.6 Å². The van der Waals surface area contributed by atoms with Crippen LogP contribution in [0.3, 0.4) is 0 Å². The van der Waals surface area contributed by atoms with Gasteiger partial charge in [0.15, 0.2) is 0 Å². The highest BCUT2D eigenvalue weighted by Crippen LogP contribution is 2.13. The van der Waals surface area contributed by atoms with E-state index in [0.717, 1.165) is 161 Å². The van der Waals surface area contributed by atoms with Gasteiger partial charge in [-0.15, -0.1) is 0 Å². The van der Waals surface area contributed by atoms with E-state index >= 15 is 0 Å². The van der Waals surface area contributed by atoms with Crippen molar-refractivity contribution in [2.45, 2.75) is 226 Å². The van der Waals surface area contributed by atoms with E-state index in [-0.39, 0.29) is 36.7 Å². The Morgan fingerprint density at radius 2 is 0.761 bits per heavy atom. The van der Waals surface area contributed by atoms with Crippen molar-refractivity contribution in [2.75, 3.05) is 125 Å². The lowest BCUT2D eigenvalue weighted by Crippen LogP contribution is -2.48. The third-order valence-electron chi connectivity index (χ3n) is 13.3. The molecule has 1 N–H and O–H groups in total. The molecule has 0 aromatic heterocycles. The van der Waals surface area contributed by atoms with Crippen molar-refractivity contribution in [3.63, 3.8) is 0 Å². The van der Waals surface area contributed by atoms with Crippen LogP contribution in [0, 0.1) is 0 Å². The van der Waals surface area contributed by atoms with Gasteiger partial charge in [0.2, 0.25) is 0 Å². The zero-order valence-electron chi connectivity index (χ0n) is 46.5. The summed E-state index contributed by atoms with van der Waals surface area (Å²) in [7, 11) is 0. The summed E-state index contributed by atoms with van der Waals surface area (Å²) in [5.41, 5.74) is 0. The molecule has 14 heteroatoms. The highest BCUT2D eigenvalue weighted by Gasteiger charge is 2.19. The second kappa shape index (κ2) is 51.6. The molecule has 0 unspecified atom stereocenters. The van der Waals surface area contributed by atoms with Gasteiger partial charge in [0, 0.05) is 85.1 Å². The second-order valence-corrected chi connectivity index (χ2v) is 20.0. The summed E-state index contributed by atoms with van der Waals surface area (Å²) in [5.74, 6) is -0.491. The number of carbonyl (C=O) groups excluding carboxylic acids is 3. The molecule has 1 rings (SSSR count). The van der Waals surface area contributed by atoms with Crippen LogP contribution in [0.2, 0.25) is 0 Å². The maximum Gasteiger partial charge on any atom is 0.307 e. The third-order valence-corrected chi connectivity index (χ3v) is 13.3. The third kappa shape index (κ3) is 44.1. The summed E-state index contributed by atoms with van der Waals surface area (Å²) >= 11 is 0. The van der Waals surface area contributed by atoms with E-state index < -0.39 is 0 Å². The summed E-state index contributed by atoms with van der Waals surface area (Å²) in [5, 5.41) is 9.23. The summed E-state index contributed by atoms with van der Waals surface area (Å²) in [6.07, 6.45) is 28.6. The second-order valence-electron chi connectivity index (χ2n) is 20.0. The molecule has 0 aromatic carbocycles. The molecule has 0 spiro atoms. The molecular weight excluding hydrogens is 903 g/mol. The van der Waals surface area contributed by atoms with Crippen LogP contribution < -0.4 is 0 Å². The Balaban J connectivity index is 2.52. The van der Waals surface area contributed by atoms with Crippen LogP contribution in [0.5, 0.6) is 0 Å². The van der Waals surface area contributed by atoms with Gasteiger partial charge >= 0.3 is 17.9 Å². The quantitative estimate of drug-likeness (QED) is 0.0350. The topological polar surface area (TPSA) is 146 Å². The normalized spacial score (nSPS) is 13.5. The van der Waals surface area contributed by atoms with E-state index in [0.29, 0.717) is 91.8 Å². The lowest BCUT2D eigenvalue weighted by atomic mass is 10.1. The van der Waals surface area contributed by atoms with E-state index in [1.807, 2.05) is 0 Å². The number of hydrogen-bond donors (Lipinski definition) is 1. The van der Waals surface area contributed by atoms with Gasteiger partial charge in [-0.3, -0.25) is 24.2 Å². The molecule has 0 aromatic rings. The number of piperazine rings is 1. The van der Waals surface area contributed by atoms with Crippen LogP contribution in [0.25, 0.3) is 0 Å². The van der Waals surface area contributed by atoms with Crippen LogP contribution in [0.1, 0.15) is 214 Å². The molecule has 0 radical (unpaired) electrons. The molecule has 1 heterocycles. The molecule has 0 amide bonds. The molecule has 0 atom stereocenters. The SMILES string of the molecule is CCCCCCOCC(COCCCCCC)OC(=O)CCCCCCCN(CCCCCCCC(=O)OC(COCCCCCC)COCCCCCC)CCC(=O)OCCN1CCN(CCO)CC1. The highest BCUT2D eigenvalue weighted by atomic mass is 16.6. The van der Waals surface area contributed by atoms with E-state index in [9.17, 15) is 19.5 Å². The Morgan fingerprint density at radius 3 is 1.14 bits per heavy atom. The largest absolute Gasteiger partial charge is 0.464 e. The van der Waals surface area contributed by atoms with E-state index in [1.54, 1.807) is 0 Å². The number of aliphatic hydroxyl groups is 1. The Morgan fingerprint density at radius 1 is 0.408 bits per heavy atom. The Bertz CT molecular complexity index is 1080. The summed E-state index contributed by atoms with van der Waals surface area (Å²) in [6, 6.07) is 0. The van der Waals surface area contributed by atoms with Crippen LogP contribution >= 0.6 is 0 Å². The molecule has 0 saturated carbocycles. The first-order valence-corrected chi connectivity index (χ1v) is 29.5. The van der Waals surface area contributed by atoms with Crippen molar-refractivity contribution in [2.24, 2.45) is 0 Å². The molecule has 71 heavy (non-hydrogen) atoms. The average Bonchev–Trinajstić information content (AvgIpc) is 3.36. The number of hydrogen-bond acceptors (Lipinski definition) is 14. The van der Waals surface area contributed by atoms with Crippen molar-refractivity contribution in [1.82, 2.24) is 14.7 Å². The van der Waals surface area contributed by atoms with Crippen molar-refractivity contribution >= 4 is 17.9 Å². The number of unbranched alkanes of at least 4 members (excludes halogenated alkanes) is 20. The van der Waals surface area contributed by atoms with Gasteiger partial charge in [-0.2, -0.15) is 0 Å². The zero-order chi connectivity index (χ0) is 51.5. The van der Waals surface area contributed by atoms with Gasteiger partial charge in [0.25, 0.3) is 0 Å². The van der Waals surface area contributed by atoms with Crippen LogP contribution in [0.15, 0.2) is 0 Å². The van der Waals surface area contributed by atoms with Crippen LogP contribution in [-0.2, 0) is 47.5 Å².